The molecule has 1 aliphatic heterocycles. The van der Waals surface area contributed by atoms with Crippen molar-refractivity contribution in [3.8, 4) is 0 Å². The summed E-state index contributed by atoms with van der Waals surface area (Å²) < 4.78 is 0. The molecule has 1 aliphatic carbocycles. The number of fused-ring (bicyclic) bond motifs is 1. The zero-order valence-corrected chi connectivity index (χ0v) is 10.2. The van der Waals surface area contributed by atoms with Crippen LogP contribution in [0.4, 0.5) is 5.69 Å². The summed E-state index contributed by atoms with van der Waals surface area (Å²) in [6.45, 7) is 0. The molecule has 4 heteroatoms. The molecule has 2 aliphatic rings. The molecule has 3 rings (SSSR count). The monoisotopic (exact) mass is 248 g/mol. The first kappa shape index (κ1) is 10.8. The second-order valence-corrected chi connectivity index (χ2v) is 4.96. The maximum Gasteiger partial charge on any atom is 0.256 e. The summed E-state index contributed by atoms with van der Waals surface area (Å²) in [4.78, 5) is 12.2. The van der Waals surface area contributed by atoms with Gasteiger partial charge in [0.2, 0.25) is 0 Å². The van der Waals surface area contributed by atoms with E-state index in [0.29, 0.717) is 5.02 Å². The van der Waals surface area contributed by atoms with Crippen LogP contribution in [0.1, 0.15) is 25.7 Å². The fourth-order valence-corrected chi connectivity index (χ4v) is 2.68. The van der Waals surface area contributed by atoms with E-state index in [1.54, 1.807) is 12.1 Å². The van der Waals surface area contributed by atoms with E-state index < -0.39 is 0 Å². The maximum absolute atomic E-state index is 12.2. The van der Waals surface area contributed by atoms with Gasteiger partial charge in [0.25, 0.3) is 5.91 Å². The van der Waals surface area contributed by atoms with Gasteiger partial charge in [-0.3, -0.25) is 4.79 Å². The molecule has 1 heterocycles. The Morgan fingerprint density at radius 1 is 1.35 bits per heavy atom. The molecule has 0 aromatic heterocycles. The summed E-state index contributed by atoms with van der Waals surface area (Å²) in [6.07, 6.45) is 4.16. The number of benzene rings is 1. The molecular weight excluding hydrogens is 236 g/mol. The third-order valence-electron chi connectivity index (χ3n) is 3.37. The summed E-state index contributed by atoms with van der Waals surface area (Å²) in [7, 11) is 0. The van der Waals surface area contributed by atoms with E-state index in [4.69, 9.17) is 11.6 Å². The molecule has 1 aromatic carbocycles. The highest BCUT2D eigenvalue weighted by Crippen LogP contribution is 2.32. The number of carbonyl (C=O) groups is 1. The largest absolute Gasteiger partial charge is 0.272 e. The lowest BCUT2D eigenvalue weighted by molar-refractivity contribution is -0.120. The SMILES string of the molecule is O=C1C2CCCCC2=NN1c1cccc(Cl)c1. The number of rotatable bonds is 1. The van der Waals surface area contributed by atoms with Crippen LogP contribution in [0.15, 0.2) is 29.4 Å². The van der Waals surface area contributed by atoms with E-state index in [2.05, 4.69) is 5.10 Å². The van der Waals surface area contributed by atoms with Crippen molar-refractivity contribution < 1.29 is 4.79 Å². The van der Waals surface area contributed by atoms with Crippen molar-refractivity contribution in [1.82, 2.24) is 0 Å². The van der Waals surface area contributed by atoms with Crippen LogP contribution in [0.3, 0.4) is 0 Å². The van der Waals surface area contributed by atoms with Gasteiger partial charge in [0, 0.05) is 5.02 Å². The van der Waals surface area contributed by atoms with Crippen LogP contribution in [-0.4, -0.2) is 11.6 Å². The number of hydrogen-bond acceptors (Lipinski definition) is 2. The molecule has 17 heavy (non-hydrogen) atoms. The third-order valence-corrected chi connectivity index (χ3v) is 3.60. The molecular formula is C13H13ClN2O. The molecule has 3 nitrogen and oxygen atoms in total. The molecule has 0 N–H and O–H groups in total. The highest BCUT2D eigenvalue weighted by atomic mass is 35.5. The summed E-state index contributed by atoms with van der Waals surface area (Å²) >= 11 is 5.94. The van der Waals surface area contributed by atoms with Crippen LogP contribution < -0.4 is 5.01 Å². The number of carbonyl (C=O) groups excluding carboxylic acids is 1. The van der Waals surface area contributed by atoms with E-state index in [0.717, 1.165) is 37.1 Å². The van der Waals surface area contributed by atoms with Crippen molar-refractivity contribution in [2.45, 2.75) is 25.7 Å². The zero-order valence-electron chi connectivity index (χ0n) is 9.40. The van der Waals surface area contributed by atoms with Crippen LogP contribution in [0.25, 0.3) is 0 Å². The summed E-state index contributed by atoms with van der Waals surface area (Å²) in [5.74, 6) is 0.115. The fraction of sp³-hybridized carbons (Fsp3) is 0.385. The number of nitrogens with zero attached hydrogens (tertiary/aromatic N) is 2. The van der Waals surface area contributed by atoms with Gasteiger partial charge >= 0.3 is 0 Å². The first-order valence-corrected chi connectivity index (χ1v) is 6.30. The van der Waals surface area contributed by atoms with Crippen LogP contribution >= 0.6 is 11.6 Å². The van der Waals surface area contributed by atoms with E-state index in [1.165, 1.54) is 5.01 Å². The molecule has 1 saturated carbocycles. The Balaban J connectivity index is 1.94. The van der Waals surface area contributed by atoms with Crippen molar-refractivity contribution in [3.63, 3.8) is 0 Å². The smallest absolute Gasteiger partial charge is 0.256 e. The first-order valence-electron chi connectivity index (χ1n) is 5.92. The molecule has 0 radical (unpaired) electrons. The van der Waals surface area contributed by atoms with Gasteiger partial charge < -0.3 is 0 Å². The van der Waals surface area contributed by atoms with E-state index >= 15 is 0 Å². The molecule has 0 bridgehead atoms. The average Bonchev–Trinajstić information content (AvgIpc) is 2.68. The van der Waals surface area contributed by atoms with Crippen LogP contribution in [0.2, 0.25) is 5.02 Å². The fourth-order valence-electron chi connectivity index (χ4n) is 2.50. The lowest BCUT2D eigenvalue weighted by Gasteiger charge is -2.17. The lowest BCUT2D eigenvalue weighted by Crippen LogP contribution is -2.28. The lowest BCUT2D eigenvalue weighted by atomic mass is 9.87. The van der Waals surface area contributed by atoms with Crippen molar-refractivity contribution in [2.75, 3.05) is 5.01 Å². The van der Waals surface area contributed by atoms with Gasteiger partial charge in [0.1, 0.15) is 0 Å². The predicted octanol–water partition coefficient (Wildman–Crippen LogP) is 3.23. The van der Waals surface area contributed by atoms with Crippen LogP contribution in [0, 0.1) is 5.92 Å². The minimum atomic E-state index is 0.0164. The van der Waals surface area contributed by atoms with E-state index in [9.17, 15) is 4.79 Å². The van der Waals surface area contributed by atoms with E-state index in [1.807, 2.05) is 12.1 Å². The Bertz CT molecular complexity index is 498. The predicted molar refractivity (Wildman–Crippen MR) is 68.3 cm³/mol. The normalized spacial score (nSPS) is 23.6. The van der Waals surface area contributed by atoms with E-state index in [-0.39, 0.29) is 11.8 Å². The van der Waals surface area contributed by atoms with Gasteiger partial charge in [-0.25, -0.2) is 5.01 Å². The highest BCUT2D eigenvalue weighted by molar-refractivity contribution is 6.31. The van der Waals surface area contributed by atoms with Gasteiger partial charge in [-0.2, -0.15) is 5.10 Å². The van der Waals surface area contributed by atoms with Crippen LogP contribution in [-0.2, 0) is 4.79 Å². The summed E-state index contributed by atoms with van der Waals surface area (Å²) in [5.41, 5.74) is 1.81. The van der Waals surface area contributed by atoms with Gasteiger partial charge in [-0.15, -0.1) is 0 Å². The molecule has 1 atom stereocenters. The topological polar surface area (TPSA) is 32.7 Å². The van der Waals surface area contributed by atoms with Gasteiger partial charge in [-0.1, -0.05) is 24.1 Å². The second-order valence-electron chi connectivity index (χ2n) is 4.52. The van der Waals surface area contributed by atoms with Crippen LogP contribution in [0.5, 0.6) is 0 Å². The Morgan fingerprint density at radius 2 is 2.24 bits per heavy atom. The van der Waals surface area contributed by atoms with Crippen molar-refractivity contribution >= 4 is 28.9 Å². The minimum absolute atomic E-state index is 0.0164. The second kappa shape index (κ2) is 4.15. The maximum atomic E-state index is 12.2. The third kappa shape index (κ3) is 1.84. The molecule has 1 aromatic rings. The average molecular weight is 249 g/mol. The number of amides is 1. The van der Waals surface area contributed by atoms with Crippen molar-refractivity contribution in [1.29, 1.82) is 0 Å². The van der Waals surface area contributed by atoms with Crippen molar-refractivity contribution in [3.05, 3.63) is 29.3 Å². The molecule has 1 amide bonds. The summed E-state index contributed by atoms with van der Waals surface area (Å²) in [6, 6.07) is 7.28. The summed E-state index contributed by atoms with van der Waals surface area (Å²) in [5, 5.41) is 6.59. The number of hydrazone groups is 1. The Hall–Kier alpha value is -1.35. The molecule has 1 fully saturated rings. The minimum Gasteiger partial charge on any atom is -0.272 e. The highest BCUT2D eigenvalue weighted by Gasteiger charge is 2.37. The number of halogens is 1. The molecule has 88 valence electrons. The Labute approximate surface area is 105 Å². The Morgan fingerprint density at radius 3 is 3.00 bits per heavy atom. The Kier molecular flexibility index (Phi) is 2.63. The molecule has 0 spiro atoms. The van der Waals surface area contributed by atoms with Gasteiger partial charge in [0.15, 0.2) is 0 Å². The molecule has 1 unspecified atom stereocenters. The standard InChI is InChI=1S/C13H13ClN2O/c14-9-4-3-5-10(8-9)16-13(17)11-6-1-2-7-12(11)15-16/h3-5,8,11H,1-2,6-7H2. The van der Waals surface area contributed by atoms with Crippen molar-refractivity contribution in [2.24, 2.45) is 11.0 Å². The zero-order chi connectivity index (χ0) is 11.8. The number of anilines is 1. The number of hydrogen-bond donors (Lipinski definition) is 0. The van der Waals surface area contributed by atoms with Gasteiger partial charge in [-0.05, 0) is 37.5 Å². The molecule has 0 saturated heterocycles. The quantitative estimate of drug-likeness (QED) is 0.751. The van der Waals surface area contributed by atoms with Gasteiger partial charge in [0.05, 0.1) is 17.3 Å². The first-order chi connectivity index (χ1) is 8.25.